The summed E-state index contributed by atoms with van der Waals surface area (Å²) in [5.41, 5.74) is 11.0. The summed E-state index contributed by atoms with van der Waals surface area (Å²) in [4.78, 5) is 11.4. The quantitative estimate of drug-likeness (QED) is 0.169. The molecule has 7 aromatic carbocycles. The second-order valence-electron chi connectivity index (χ2n) is 14.9. The molecule has 53 heavy (non-hydrogen) atoms. The Balaban J connectivity index is 1.34. The summed E-state index contributed by atoms with van der Waals surface area (Å²) in [7, 11) is 0. The summed E-state index contributed by atoms with van der Waals surface area (Å²) in [6, 6.07) is 64.6. The van der Waals surface area contributed by atoms with E-state index in [-0.39, 0.29) is 5.41 Å². The van der Waals surface area contributed by atoms with E-state index >= 15 is 0 Å². The number of para-hydroxylation sites is 1. The molecule has 0 unspecified atom stereocenters. The van der Waals surface area contributed by atoms with Crippen molar-refractivity contribution in [3.8, 4) is 39.5 Å². The summed E-state index contributed by atoms with van der Waals surface area (Å²) >= 11 is -3.70. The molecule has 1 aliphatic heterocycles. The molecule has 0 fully saturated rings. The molecule has 250 valence electrons. The predicted molar refractivity (Wildman–Crippen MR) is 222 cm³/mol. The number of hydrogen-bond donors (Lipinski definition) is 0. The molecule has 2 aliphatic rings. The van der Waals surface area contributed by atoms with E-state index in [1.807, 2.05) is 0 Å². The second-order valence-corrected chi connectivity index (χ2v) is 22.6. The second kappa shape index (κ2) is 11.2. The van der Waals surface area contributed by atoms with Crippen molar-refractivity contribution in [3.63, 3.8) is 0 Å². The van der Waals surface area contributed by atoms with Gasteiger partial charge >= 0.3 is 313 Å². The molecular formula is C49H35GeN3. The van der Waals surface area contributed by atoms with Crippen LogP contribution in [-0.2, 0) is 5.41 Å². The molecular weight excluding hydrogens is 703 g/mol. The van der Waals surface area contributed by atoms with Crippen LogP contribution in [0.4, 0.5) is 0 Å². The normalized spacial score (nSPS) is 14.5. The standard InChI is InChI=1S/C49H35GeN3/c1-49(2)38-27-15-12-24-35(38)43-39(49)30-31-42-44(43)37-26-14-17-29-41(37)53(42)48-45-36-25-13-16-28-40(36)50(33-20-8-4-9-21-33,34-22-10-5-11-23-34)46(45)51-47(52-48)32-18-6-3-7-19-32/h3-31H,1-2H3. The van der Waals surface area contributed by atoms with Crippen molar-refractivity contribution in [1.29, 1.82) is 0 Å². The summed E-state index contributed by atoms with van der Waals surface area (Å²) in [5.74, 6) is 1.70. The van der Waals surface area contributed by atoms with Crippen molar-refractivity contribution in [2.24, 2.45) is 0 Å². The van der Waals surface area contributed by atoms with Gasteiger partial charge in [0.05, 0.1) is 0 Å². The third-order valence-corrected chi connectivity index (χ3v) is 21.8. The third kappa shape index (κ3) is 4.06. The van der Waals surface area contributed by atoms with Gasteiger partial charge in [-0.15, -0.1) is 0 Å². The first-order valence-corrected chi connectivity index (χ1v) is 22.6. The number of hydrogen-bond acceptors (Lipinski definition) is 2. The monoisotopic (exact) mass is 739 g/mol. The van der Waals surface area contributed by atoms with Crippen molar-refractivity contribution < 1.29 is 0 Å². The van der Waals surface area contributed by atoms with Crippen molar-refractivity contribution in [3.05, 3.63) is 187 Å². The van der Waals surface area contributed by atoms with Crippen molar-refractivity contribution in [2.75, 3.05) is 0 Å². The molecule has 0 saturated heterocycles. The summed E-state index contributed by atoms with van der Waals surface area (Å²) in [6.45, 7) is 4.73. The minimum atomic E-state index is -3.70. The molecule has 0 bridgehead atoms. The molecule has 2 aromatic heterocycles. The molecule has 0 amide bonds. The van der Waals surface area contributed by atoms with Gasteiger partial charge in [-0.1, -0.05) is 0 Å². The average Bonchev–Trinajstić information content (AvgIpc) is 3.80. The minimum absolute atomic E-state index is 0.0998. The fourth-order valence-electron chi connectivity index (χ4n) is 9.61. The maximum absolute atomic E-state index is 5.74. The van der Waals surface area contributed by atoms with Crippen LogP contribution < -0.4 is 17.7 Å². The molecule has 4 heteroatoms. The molecule has 0 N–H and O–H groups in total. The third-order valence-electron chi connectivity index (χ3n) is 11.9. The zero-order valence-electron chi connectivity index (χ0n) is 29.6. The Bertz CT molecular complexity index is 2870. The van der Waals surface area contributed by atoms with Gasteiger partial charge in [-0.3, -0.25) is 0 Å². The Hall–Kier alpha value is -6.04. The van der Waals surface area contributed by atoms with E-state index in [0.717, 1.165) is 28.3 Å². The molecule has 3 nitrogen and oxygen atoms in total. The zero-order valence-corrected chi connectivity index (χ0v) is 31.7. The van der Waals surface area contributed by atoms with Crippen molar-refractivity contribution in [2.45, 2.75) is 19.3 Å². The van der Waals surface area contributed by atoms with Crippen LogP contribution in [0.3, 0.4) is 0 Å². The summed E-state index contributed by atoms with van der Waals surface area (Å²) in [5, 5.41) is 2.53. The van der Waals surface area contributed by atoms with Gasteiger partial charge in [-0.2, -0.15) is 0 Å². The van der Waals surface area contributed by atoms with Crippen molar-refractivity contribution >= 4 is 52.8 Å². The molecule has 0 atom stereocenters. The molecule has 1 aliphatic carbocycles. The van der Waals surface area contributed by atoms with Gasteiger partial charge in [-0.25, -0.2) is 0 Å². The van der Waals surface area contributed by atoms with E-state index < -0.39 is 13.3 Å². The molecule has 0 spiro atoms. The summed E-state index contributed by atoms with van der Waals surface area (Å²) < 4.78 is 7.78. The first-order valence-electron chi connectivity index (χ1n) is 18.4. The van der Waals surface area contributed by atoms with E-state index in [9.17, 15) is 0 Å². The van der Waals surface area contributed by atoms with E-state index in [1.54, 1.807) is 0 Å². The topological polar surface area (TPSA) is 30.7 Å². The van der Waals surface area contributed by atoms with Gasteiger partial charge in [0.15, 0.2) is 0 Å². The maximum atomic E-state index is 5.74. The van der Waals surface area contributed by atoms with Crippen LogP contribution >= 0.6 is 0 Å². The molecule has 9 aromatic rings. The Labute approximate surface area is 311 Å². The number of nitrogens with zero attached hydrogens (tertiary/aromatic N) is 3. The Morgan fingerprint density at radius 1 is 0.491 bits per heavy atom. The van der Waals surface area contributed by atoms with Crippen LogP contribution in [0.2, 0.25) is 0 Å². The SMILES string of the molecule is CC1(C)c2ccccc2-c2c1ccc1c2c2ccccc2n1-c1nc(-c2ccccc2)n[c]2c1-c1cccc[c]1[Ge]2([c]1ccccc1)[c]1ccccc1. The van der Waals surface area contributed by atoms with Crippen LogP contribution in [0.15, 0.2) is 176 Å². The van der Waals surface area contributed by atoms with E-state index in [4.69, 9.17) is 9.97 Å². The number of fused-ring (bicyclic) bond motifs is 10. The average molecular weight is 738 g/mol. The van der Waals surface area contributed by atoms with Gasteiger partial charge in [0.1, 0.15) is 0 Å². The van der Waals surface area contributed by atoms with Crippen LogP contribution in [0.25, 0.3) is 61.3 Å². The van der Waals surface area contributed by atoms with Gasteiger partial charge in [0, 0.05) is 0 Å². The number of benzene rings is 7. The Morgan fingerprint density at radius 3 is 1.83 bits per heavy atom. The van der Waals surface area contributed by atoms with Crippen molar-refractivity contribution in [1.82, 2.24) is 14.5 Å². The summed E-state index contributed by atoms with van der Waals surface area (Å²) in [6.07, 6.45) is 0. The van der Waals surface area contributed by atoms with E-state index in [1.165, 1.54) is 61.8 Å². The van der Waals surface area contributed by atoms with Gasteiger partial charge in [0.2, 0.25) is 0 Å². The fourth-order valence-corrected chi connectivity index (χ4v) is 20.1. The molecule has 11 rings (SSSR count). The first kappa shape index (κ1) is 30.6. The van der Waals surface area contributed by atoms with Crippen LogP contribution in [0, 0.1) is 0 Å². The van der Waals surface area contributed by atoms with Crippen LogP contribution in [0.1, 0.15) is 25.0 Å². The fraction of sp³-hybridized carbons (Fsp3) is 0.0612. The van der Waals surface area contributed by atoms with E-state index in [0.29, 0.717) is 0 Å². The Morgan fingerprint density at radius 2 is 1.09 bits per heavy atom. The first-order chi connectivity index (χ1) is 26.1. The van der Waals surface area contributed by atoms with Gasteiger partial charge in [-0.05, 0) is 0 Å². The van der Waals surface area contributed by atoms with E-state index in [2.05, 4.69) is 194 Å². The predicted octanol–water partition coefficient (Wildman–Crippen LogP) is 8.90. The number of rotatable bonds is 4. The molecule has 0 saturated carbocycles. The number of aromatic nitrogens is 3. The molecule has 3 heterocycles. The van der Waals surface area contributed by atoms with Crippen LogP contribution in [0.5, 0.6) is 0 Å². The van der Waals surface area contributed by atoms with Gasteiger partial charge < -0.3 is 0 Å². The molecule has 0 radical (unpaired) electrons. The zero-order chi connectivity index (χ0) is 35.3. The Kier molecular flexibility index (Phi) is 6.48. The van der Waals surface area contributed by atoms with Gasteiger partial charge in [0.25, 0.3) is 0 Å². The van der Waals surface area contributed by atoms with Crippen LogP contribution in [-0.4, -0.2) is 27.8 Å².